The summed E-state index contributed by atoms with van der Waals surface area (Å²) in [5.74, 6) is 1.38. The first kappa shape index (κ1) is 23.0. The normalized spacial score (nSPS) is 14.6. The Hall–Kier alpha value is -2.67. The lowest BCUT2D eigenvalue weighted by molar-refractivity contribution is -0.118. The number of carbonyl (C=O) groups is 2. The third kappa shape index (κ3) is 6.66. The van der Waals surface area contributed by atoms with Gasteiger partial charge in [0.1, 0.15) is 17.5 Å². The van der Waals surface area contributed by atoms with E-state index in [9.17, 15) is 9.59 Å². The summed E-state index contributed by atoms with van der Waals surface area (Å²) in [7, 11) is 1.52. The number of thioether (sulfide) groups is 1. The number of para-hydroxylation sites is 1. The van der Waals surface area contributed by atoms with E-state index in [0.29, 0.717) is 23.4 Å². The Labute approximate surface area is 188 Å². The Bertz CT molecular complexity index is 883. The van der Waals surface area contributed by atoms with Crippen LogP contribution in [0.1, 0.15) is 42.5 Å². The Balaban J connectivity index is 1.67. The molecule has 0 aliphatic heterocycles. The molecule has 0 aromatic heterocycles. The molecule has 0 saturated heterocycles. The van der Waals surface area contributed by atoms with Crippen molar-refractivity contribution in [2.24, 2.45) is 0 Å². The van der Waals surface area contributed by atoms with Gasteiger partial charge in [0.05, 0.1) is 18.8 Å². The van der Waals surface area contributed by atoms with Crippen molar-refractivity contribution in [1.29, 1.82) is 0 Å². The lowest BCUT2D eigenvalue weighted by atomic mass is 10.1. The standard InChI is InChI=1S/C24H30N2O4S/c1-29-22-13-6-5-12-20(22)23(27)26-21(14-15-31-2)24(28)25-17-8-7-11-19(16-17)30-18-9-3-4-10-18/h5-8,11-13,16,18,21H,3-4,9-10,14-15H2,1-2H3,(H,25,28)(H,26,27). The van der Waals surface area contributed by atoms with Crippen LogP contribution in [0.4, 0.5) is 5.69 Å². The van der Waals surface area contributed by atoms with Gasteiger partial charge in [-0.25, -0.2) is 0 Å². The minimum absolute atomic E-state index is 0.250. The van der Waals surface area contributed by atoms with E-state index in [1.807, 2.05) is 30.5 Å². The minimum Gasteiger partial charge on any atom is -0.496 e. The predicted octanol–water partition coefficient (Wildman–Crippen LogP) is 4.51. The smallest absolute Gasteiger partial charge is 0.255 e. The molecule has 0 spiro atoms. The van der Waals surface area contributed by atoms with E-state index in [2.05, 4.69) is 10.6 Å². The van der Waals surface area contributed by atoms with Crippen LogP contribution in [0.2, 0.25) is 0 Å². The van der Waals surface area contributed by atoms with E-state index in [4.69, 9.17) is 9.47 Å². The van der Waals surface area contributed by atoms with Crippen molar-refractivity contribution < 1.29 is 19.1 Å². The molecule has 1 aliphatic carbocycles. The zero-order chi connectivity index (χ0) is 22.1. The van der Waals surface area contributed by atoms with E-state index >= 15 is 0 Å². The molecular weight excluding hydrogens is 412 g/mol. The maximum absolute atomic E-state index is 13.0. The second-order valence-electron chi connectivity index (χ2n) is 7.55. The van der Waals surface area contributed by atoms with Gasteiger partial charge in [0.2, 0.25) is 5.91 Å². The van der Waals surface area contributed by atoms with Gasteiger partial charge in [0.15, 0.2) is 0 Å². The zero-order valence-corrected chi connectivity index (χ0v) is 18.9. The fraction of sp³-hybridized carbons (Fsp3) is 0.417. The number of hydrogen-bond acceptors (Lipinski definition) is 5. The van der Waals surface area contributed by atoms with Gasteiger partial charge in [-0.05, 0) is 68.4 Å². The first-order chi connectivity index (χ1) is 15.1. The molecule has 0 radical (unpaired) electrons. The fourth-order valence-corrected chi connectivity index (χ4v) is 4.12. The Morgan fingerprint density at radius 3 is 2.65 bits per heavy atom. The highest BCUT2D eigenvalue weighted by Crippen LogP contribution is 2.26. The number of hydrogen-bond donors (Lipinski definition) is 2. The van der Waals surface area contributed by atoms with Crippen molar-refractivity contribution in [3.8, 4) is 11.5 Å². The van der Waals surface area contributed by atoms with Gasteiger partial charge >= 0.3 is 0 Å². The lowest BCUT2D eigenvalue weighted by Gasteiger charge is -2.19. The number of ether oxygens (including phenoxy) is 2. The summed E-state index contributed by atoms with van der Waals surface area (Å²) < 4.78 is 11.3. The quantitative estimate of drug-likeness (QED) is 0.566. The van der Waals surface area contributed by atoms with E-state index in [1.165, 1.54) is 20.0 Å². The van der Waals surface area contributed by atoms with Gasteiger partial charge in [0, 0.05) is 11.8 Å². The van der Waals surface area contributed by atoms with Crippen LogP contribution in [0, 0.1) is 0 Å². The average Bonchev–Trinajstić information content (AvgIpc) is 3.29. The van der Waals surface area contributed by atoms with Gasteiger partial charge in [-0.15, -0.1) is 0 Å². The fourth-order valence-electron chi connectivity index (χ4n) is 3.65. The molecule has 2 amide bonds. The predicted molar refractivity (Wildman–Crippen MR) is 125 cm³/mol. The second-order valence-corrected chi connectivity index (χ2v) is 8.53. The van der Waals surface area contributed by atoms with Crippen molar-refractivity contribution >= 4 is 29.3 Å². The number of amides is 2. The molecule has 0 bridgehead atoms. The Kier molecular flexibility index (Phi) is 8.64. The summed E-state index contributed by atoms with van der Waals surface area (Å²) in [4.78, 5) is 25.8. The third-order valence-corrected chi connectivity index (χ3v) is 5.93. The first-order valence-corrected chi connectivity index (χ1v) is 12.0. The summed E-state index contributed by atoms with van der Waals surface area (Å²) in [6, 6.07) is 13.7. The molecule has 2 aromatic carbocycles. The molecule has 0 heterocycles. The van der Waals surface area contributed by atoms with Crippen molar-refractivity contribution in [2.45, 2.75) is 44.2 Å². The number of nitrogens with one attached hydrogen (secondary N) is 2. The maximum atomic E-state index is 13.0. The maximum Gasteiger partial charge on any atom is 0.255 e. The molecule has 3 rings (SSSR count). The molecule has 31 heavy (non-hydrogen) atoms. The van der Waals surface area contributed by atoms with Gasteiger partial charge in [-0.1, -0.05) is 18.2 Å². The topological polar surface area (TPSA) is 76.7 Å². The van der Waals surface area contributed by atoms with Crippen molar-refractivity contribution in [3.05, 3.63) is 54.1 Å². The third-order valence-electron chi connectivity index (χ3n) is 5.29. The first-order valence-electron chi connectivity index (χ1n) is 10.6. The van der Waals surface area contributed by atoms with Crippen LogP contribution in [-0.2, 0) is 4.79 Å². The van der Waals surface area contributed by atoms with E-state index < -0.39 is 6.04 Å². The molecule has 1 aliphatic rings. The number of carbonyl (C=O) groups excluding carboxylic acids is 2. The molecule has 6 nitrogen and oxygen atoms in total. The Morgan fingerprint density at radius 1 is 1.13 bits per heavy atom. The van der Waals surface area contributed by atoms with Gasteiger partial charge in [-0.3, -0.25) is 9.59 Å². The van der Waals surface area contributed by atoms with Gasteiger partial charge < -0.3 is 20.1 Å². The molecule has 2 aromatic rings. The Morgan fingerprint density at radius 2 is 1.90 bits per heavy atom. The highest BCUT2D eigenvalue weighted by molar-refractivity contribution is 7.98. The van der Waals surface area contributed by atoms with Crippen molar-refractivity contribution in [1.82, 2.24) is 5.32 Å². The molecule has 1 fully saturated rings. The summed E-state index contributed by atoms with van der Waals surface area (Å²) >= 11 is 1.63. The molecule has 1 unspecified atom stereocenters. The second kappa shape index (κ2) is 11.6. The number of methoxy groups -OCH3 is 1. The molecule has 7 heteroatoms. The molecule has 1 atom stereocenters. The molecular formula is C24H30N2O4S. The van der Waals surface area contributed by atoms with Gasteiger partial charge in [0.25, 0.3) is 5.91 Å². The van der Waals surface area contributed by atoms with Crippen LogP contribution in [0.3, 0.4) is 0 Å². The number of anilines is 1. The van der Waals surface area contributed by atoms with Gasteiger partial charge in [-0.2, -0.15) is 11.8 Å². The summed E-state index contributed by atoms with van der Waals surface area (Å²) in [5, 5.41) is 5.79. The highest BCUT2D eigenvalue weighted by Gasteiger charge is 2.23. The SMILES string of the molecule is COc1ccccc1C(=O)NC(CCSC)C(=O)Nc1cccc(OC2CCCC2)c1. The number of rotatable bonds is 10. The van der Waals surface area contributed by atoms with Crippen LogP contribution in [0.5, 0.6) is 11.5 Å². The molecule has 1 saturated carbocycles. The summed E-state index contributed by atoms with van der Waals surface area (Å²) in [6.45, 7) is 0. The van der Waals surface area contributed by atoms with Crippen molar-refractivity contribution in [3.63, 3.8) is 0 Å². The van der Waals surface area contributed by atoms with E-state index in [0.717, 1.165) is 24.3 Å². The zero-order valence-electron chi connectivity index (χ0n) is 18.1. The van der Waals surface area contributed by atoms with Crippen LogP contribution in [-0.4, -0.2) is 43.1 Å². The van der Waals surface area contributed by atoms with Crippen LogP contribution < -0.4 is 20.1 Å². The van der Waals surface area contributed by atoms with E-state index in [-0.39, 0.29) is 17.9 Å². The van der Waals surface area contributed by atoms with Crippen LogP contribution in [0.25, 0.3) is 0 Å². The lowest BCUT2D eigenvalue weighted by Crippen LogP contribution is -2.44. The average molecular weight is 443 g/mol. The summed E-state index contributed by atoms with van der Waals surface area (Å²) in [6.07, 6.45) is 7.28. The van der Waals surface area contributed by atoms with E-state index in [1.54, 1.807) is 36.0 Å². The van der Waals surface area contributed by atoms with Crippen LogP contribution >= 0.6 is 11.8 Å². The van der Waals surface area contributed by atoms with Crippen molar-refractivity contribution in [2.75, 3.05) is 24.4 Å². The highest BCUT2D eigenvalue weighted by atomic mass is 32.2. The van der Waals surface area contributed by atoms with Crippen LogP contribution in [0.15, 0.2) is 48.5 Å². The number of benzene rings is 2. The molecule has 166 valence electrons. The minimum atomic E-state index is -0.663. The monoisotopic (exact) mass is 442 g/mol. The summed E-state index contributed by atoms with van der Waals surface area (Å²) in [5.41, 5.74) is 1.06. The largest absolute Gasteiger partial charge is 0.496 e. The molecule has 2 N–H and O–H groups in total.